The predicted molar refractivity (Wildman–Crippen MR) is 158 cm³/mol. The van der Waals surface area contributed by atoms with Gasteiger partial charge in [0, 0.05) is 18.0 Å². The summed E-state index contributed by atoms with van der Waals surface area (Å²) in [4.78, 5) is 17.4. The molecular formula is C31H24N4O5S. The molecule has 1 aliphatic heterocycles. The highest BCUT2D eigenvalue weighted by molar-refractivity contribution is 7.80. The zero-order chi connectivity index (χ0) is 28.3. The molecule has 0 aliphatic carbocycles. The van der Waals surface area contributed by atoms with E-state index in [0.29, 0.717) is 33.7 Å². The number of methoxy groups -OCH3 is 1. The zero-order valence-electron chi connectivity index (χ0n) is 21.8. The maximum atomic E-state index is 11.3. The van der Waals surface area contributed by atoms with Crippen LogP contribution in [0.5, 0.6) is 17.2 Å². The van der Waals surface area contributed by atoms with Gasteiger partial charge < -0.3 is 24.1 Å². The number of nitro groups is 1. The van der Waals surface area contributed by atoms with Gasteiger partial charge in [-0.15, -0.1) is 0 Å². The maximum Gasteiger partial charge on any atom is 0.273 e. The molecular weight excluding hydrogens is 540 g/mol. The number of nitro benzene ring substituents is 1. The average molecular weight is 565 g/mol. The summed E-state index contributed by atoms with van der Waals surface area (Å²) < 4.78 is 17.8. The number of hydrogen-bond donors (Lipinski definition) is 1. The number of anilines is 1. The SMILES string of the molecule is COc1cc([N+](=O)[O-])ccc1-c1ccc([C@H]2[C@H](c3ccccn3)NC(=S)N2c2ccc(Oc3ccccc3)cc2)o1. The average Bonchev–Trinajstić information content (AvgIpc) is 3.63. The molecule has 204 valence electrons. The highest BCUT2D eigenvalue weighted by atomic mass is 32.1. The lowest BCUT2D eigenvalue weighted by Crippen LogP contribution is -2.29. The van der Waals surface area contributed by atoms with Crippen LogP contribution in [0.25, 0.3) is 11.3 Å². The number of nitrogens with one attached hydrogen (secondary N) is 1. The summed E-state index contributed by atoms with van der Waals surface area (Å²) in [6.07, 6.45) is 1.74. The van der Waals surface area contributed by atoms with E-state index in [0.717, 1.165) is 17.1 Å². The number of rotatable bonds is 8. The standard InChI is InChI=1S/C31H24N4O5S/c1-38-28-19-21(35(36)37)12-15-24(28)26-16-17-27(40-26)30-29(25-9-5-6-18-32-25)33-31(41)34(30)20-10-13-23(14-11-20)39-22-7-3-2-4-8-22/h2-19,29-30H,1H3,(H,33,41)/t29-,30-/m0/s1. The van der Waals surface area contributed by atoms with Gasteiger partial charge in [0.15, 0.2) is 5.11 Å². The molecule has 1 saturated heterocycles. The largest absolute Gasteiger partial charge is 0.496 e. The first kappa shape index (κ1) is 26.0. The van der Waals surface area contributed by atoms with E-state index in [1.54, 1.807) is 12.3 Å². The Balaban J connectivity index is 1.37. The molecule has 0 spiro atoms. The van der Waals surface area contributed by atoms with Gasteiger partial charge in [-0.3, -0.25) is 15.1 Å². The minimum Gasteiger partial charge on any atom is -0.496 e. The molecule has 0 radical (unpaired) electrons. The van der Waals surface area contributed by atoms with Crippen molar-refractivity contribution in [2.75, 3.05) is 12.0 Å². The summed E-state index contributed by atoms with van der Waals surface area (Å²) in [6.45, 7) is 0. The number of non-ortho nitro benzene ring substituents is 1. The number of pyridine rings is 1. The Kier molecular flexibility index (Phi) is 7.05. The molecule has 0 amide bonds. The van der Waals surface area contributed by atoms with Gasteiger partial charge in [0.05, 0.1) is 35.4 Å². The van der Waals surface area contributed by atoms with Crippen molar-refractivity contribution < 1.29 is 18.8 Å². The Morgan fingerprint density at radius 2 is 1.71 bits per heavy atom. The Labute approximate surface area is 241 Å². The van der Waals surface area contributed by atoms with Crippen molar-refractivity contribution in [3.05, 3.63) is 131 Å². The van der Waals surface area contributed by atoms with E-state index in [4.69, 9.17) is 26.1 Å². The molecule has 0 bridgehead atoms. The molecule has 0 saturated carbocycles. The molecule has 3 heterocycles. The molecule has 9 nitrogen and oxygen atoms in total. The van der Waals surface area contributed by atoms with Crippen LogP contribution in [0.4, 0.5) is 11.4 Å². The van der Waals surface area contributed by atoms with Gasteiger partial charge in [0.1, 0.15) is 34.8 Å². The Bertz CT molecular complexity index is 1690. The minimum absolute atomic E-state index is 0.0659. The maximum absolute atomic E-state index is 11.3. The van der Waals surface area contributed by atoms with E-state index < -0.39 is 4.92 Å². The summed E-state index contributed by atoms with van der Waals surface area (Å²) in [5, 5.41) is 15.2. The summed E-state index contributed by atoms with van der Waals surface area (Å²) in [6, 6.07) is 30.4. The van der Waals surface area contributed by atoms with Gasteiger partial charge in [-0.2, -0.15) is 0 Å². The van der Waals surface area contributed by atoms with Crippen molar-refractivity contribution in [1.82, 2.24) is 10.3 Å². The number of ether oxygens (including phenoxy) is 2. The van der Waals surface area contributed by atoms with Crippen LogP contribution in [0.15, 0.2) is 114 Å². The second-order valence-electron chi connectivity index (χ2n) is 9.25. The van der Waals surface area contributed by atoms with Crippen LogP contribution in [0.2, 0.25) is 0 Å². The van der Waals surface area contributed by atoms with E-state index >= 15 is 0 Å². The Morgan fingerprint density at radius 1 is 0.951 bits per heavy atom. The molecule has 41 heavy (non-hydrogen) atoms. The summed E-state index contributed by atoms with van der Waals surface area (Å²) in [7, 11) is 1.47. The molecule has 1 N–H and O–H groups in total. The van der Waals surface area contributed by atoms with Crippen molar-refractivity contribution in [1.29, 1.82) is 0 Å². The molecule has 2 aromatic heterocycles. The van der Waals surface area contributed by atoms with E-state index in [1.807, 2.05) is 89.8 Å². The molecule has 1 fully saturated rings. The number of aromatic nitrogens is 1. The molecule has 3 aromatic carbocycles. The lowest BCUT2D eigenvalue weighted by Gasteiger charge is -2.26. The highest BCUT2D eigenvalue weighted by Crippen LogP contribution is 2.44. The van der Waals surface area contributed by atoms with Crippen molar-refractivity contribution in [2.45, 2.75) is 12.1 Å². The number of para-hydroxylation sites is 1. The Hall–Kier alpha value is -5.22. The van der Waals surface area contributed by atoms with Crippen LogP contribution in [0, 0.1) is 10.1 Å². The number of benzene rings is 3. The van der Waals surface area contributed by atoms with Gasteiger partial charge in [0.2, 0.25) is 0 Å². The Morgan fingerprint density at radius 3 is 2.41 bits per heavy atom. The fraction of sp³-hybridized carbons (Fsp3) is 0.0968. The fourth-order valence-corrected chi connectivity index (χ4v) is 5.22. The number of furan rings is 1. The molecule has 1 aliphatic rings. The first-order chi connectivity index (χ1) is 20.0. The summed E-state index contributed by atoms with van der Waals surface area (Å²) in [5.41, 5.74) is 2.18. The number of thiocarbonyl (C=S) groups is 1. The molecule has 10 heteroatoms. The smallest absolute Gasteiger partial charge is 0.273 e. The summed E-state index contributed by atoms with van der Waals surface area (Å²) in [5.74, 6) is 2.93. The first-order valence-corrected chi connectivity index (χ1v) is 13.2. The van der Waals surface area contributed by atoms with E-state index in [1.165, 1.54) is 19.2 Å². The predicted octanol–water partition coefficient (Wildman–Crippen LogP) is 7.23. The third-order valence-electron chi connectivity index (χ3n) is 6.77. The topological polar surface area (TPSA) is 103 Å². The first-order valence-electron chi connectivity index (χ1n) is 12.8. The number of hydrogen-bond acceptors (Lipinski definition) is 7. The van der Waals surface area contributed by atoms with Gasteiger partial charge in [0.25, 0.3) is 5.69 Å². The van der Waals surface area contributed by atoms with Crippen LogP contribution >= 0.6 is 12.2 Å². The van der Waals surface area contributed by atoms with Crippen LogP contribution in [0.1, 0.15) is 23.5 Å². The molecule has 0 unspecified atom stereocenters. The second kappa shape index (κ2) is 11.1. The molecule has 2 atom stereocenters. The molecule has 5 aromatic rings. The lowest BCUT2D eigenvalue weighted by atomic mass is 10.0. The number of nitrogens with zero attached hydrogens (tertiary/aromatic N) is 3. The third-order valence-corrected chi connectivity index (χ3v) is 7.09. The second-order valence-corrected chi connectivity index (χ2v) is 9.64. The monoisotopic (exact) mass is 564 g/mol. The van der Waals surface area contributed by atoms with Crippen molar-refractivity contribution in [3.8, 4) is 28.6 Å². The molecule has 6 rings (SSSR count). The van der Waals surface area contributed by atoms with Crippen LogP contribution in [-0.2, 0) is 0 Å². The van der Waals surface area contributed by atoms with Crippen LogP contribution in [0.3, 0.4) is 0 Å². The highest BCUT2D eigenvalue weighted by Gasteiger charge is 2.42. The van der Waals surface area contributed by atoms with Crippen LogP contribution in [-0.4, -0.2) is 22.1 Å². The van der Waals surface area contributed by atoms with Crippen molar-refractivity contribution in [2.24, 2.45) is 0 Å². The quantitative estimate of drug-likeness (QED) is 0.119. The van der Waals surface area contributed by atoms with Gasteiger partial charge in [-0.1, -0.05) is 24.3 Å². The van der Waals surface area contributed by atoms with Crippen molar-refractivity contribution >= 4 is 28.7 Å². The minimum atomic E-state index is -0.462. The lowest BCUT2D eigenvalue weighted by molar-refractivity contribution is -0.384. The fourth-order valence-electron chi connectivity index (χ4n) is 4.87. The zero-order valence-corrected chi connectivity index (χ0v) is 22.7. The van der Waals surface area contributed by atoms with E-state index in [9.17, 15) is 10.1 Å². The van der Waals surface area contributed by atoms with Gasteiger partial charge >= 0.3 is 0 Å². The normalized spacial score (nSPS) is 16.3. The third kappa shape index (κ3) is 5.20. The van der Waals surface area contributed by atoms with Crippen molar-refractivity contribution in [3.63, 3.8) is 0 Å². The van der Waals surface area contributed by atoms with Gasteiger partial charge in [-0.05, 0) is 78.9 Å². The van der Waals surface area contributed by atoms with Gasteiger partial charge in [-0.25, -0.2) is 0 Å². The van der Waals surface area contributed by atoms with E-state index in [-0.39, 0.29) is 17.8 Å². The summed E-state index contributed by atoms with van der Waals surface area (Å²) >= 11 is 5.82. The van der Waals surface area contributed by atoms with E-state index in [2.05, 4.69) is 10.3 Å². The van der Waals surface area contributed by atoms with Crippen LogP contribution < -0.4 is 19.7 Å².